The van der Waals surface area contributed by atoms with Crippen LogP contribution in [0.1, 0.15) is 41.9 Å². The summed E-state index contributed by atoms with van der Waals surface area (Å²) in [5, 5.41) is 9.29. The predicted molar refractivity (Wildman–Crippen MR) is 84.6 cm³/mol. The summed E-state index contributed by atoms with van der Waals surface area (Å²) in [7, 11) is 0. The van der Waals surface area contributed by atoms with Crippen LogP contribution in [0.5, 0.6) is 0 Å². The summed E-state index contributed by atoms with van der Waals surface area (Å²) in [6.07, 6.45) is 6.55. The molecule has 4 heteroatoms. The van der Waals surface area contributed by atoms with E-state index in [1.807, 2.05) is 0 Å². The normalized spacial score (nSPS) is 16.1. The molecule has 110 valence electrons. The number of rotatable bonds is 5. The second-order valence-corrected chi connectivity index (χ2v) is 6.43. The fraction of sp³-hybridized carbons (Fsp3) is 0.625. The van der Waals surface area contributed by atoms with E-state index in [-0.39, 0.29) is 6.61 Å². The minimum Gasteiger partial charge on any atom is -0.395 e. The van der Waals surface area contributed by atoms with E-state index in [0.717, 1.165) is 18.0 Å². The van der Waals surface area contributed by atoms with Crippen molar-refractivity contribution in [3.05, 3.63) is 21.9 Å². The molecule has 1 saturated carbocycles. The van der Waals surface area contributed by atoms with Crippen LogP contribution in [0.3, 0.4) is 0 Å². The predicted octanol–water partition coefficient (Wildman–Crippen LogP) is 2.19. The molecule has 0 radical (unpaired) electrons. The lowest BCUT2D eigenvalue weighted by molar-refractivity contribution is 0.118. The Labute approximate surface area is 125 Å². The van der Waals surface area contributed by atoms with Crippen molar-refractivity contribution < 1.29 is 5.11 Å². The number of aliphatic hydroxyl groups is 1. The number of thiophene rings is 1. The Morgan fingerprint density at radius 1 is 1.30 bits per heavy atom. The van der Waals surface area contributed by atoms with Crippen LogP contribution in [0.4, 0.5) is 0 Å². The quantitative estimate of drug-likeness (QED) is 0.818. The Hall–Kier alpha value is -0.860. The first kappa shape index (κ1) is 15.5. The lowest BCUT2D eigenvalue weighted by atomic mass is 9.94. The van der Waals surface area contributed by atoms with E-state index < -0.39 is 0 Å². The zero-order valence-corrected chi connectivity index (χ0v) is 12.8. The number of nitrogens with zero attached hydrogens (tertiary/aromatic N) is 1. The van der Waals surface area contributed by atoms with Gasteiger partial charge in [-0.3, -0.25) is 4.90 Å². The molecule has 0 spiro atoms. The highest BCUT2D eigenvalue weighted by atomic mass is 32.1. The second kappa shape index (κ2) is 8.43. The molecule has 0 aliphatic heterocycles. The molecule has 0 aromatic carbocycles. The number of nitrogens with two attached hydrogens (primary N) is 1. The van der Waals surface area contributed by atoms with Gasteiger partial charge < -0.3 is 10.8 Å². The molecule has 1 fully saturated rings. The largest absolute Gasteiger partial charge is 0.395 e. The first-order valence-corrected chi connectivity index (χ1v) is 8.27. The molecular formula is C16H24N2OS. The average Bonchev–Trinajstić information content (AvgIpc) is 2.93. The summed E-state index contributed by atoms with van der Waals surface area (Å²) in [6, 6.07) is 4.86. The van der Waals surface area contributed by atoms with Gasteiger partial charge >= 0.3 is 0 Å². The molecule has 0 unspecified atom stereocenters. The Balaban J connectivity index is 1.97. The molecule has 1 aromatic rings. The van der Waals surface area contributed by atoms with Crippen LogP contribution < -0.4 is 5.73 Å². The van der Waals surface area contributed by atoms with E-state index in [9.17, 15) is 5.11 Å². The standard InChI is InChI=1S/C16H24N2OS/c17-10-4-7-15-8-9-16(20-15)13-18(11-12-19)14-5-2-1-3-6-14/h8-9,14,19H,1-3,5-6,10-13,17H2. The highest BCUT2D eigenvalue weighted by Gasteiger charge is 2.21. The fourth-order valence-electron chi connectivity index (χ4n) is 2.83. The monoisotopic (exact) mass is 292 g/mol. The first-order valence-electron chi connectivity index (χ1n) is 7.46. The summed E-state index contributed by atoms with van der Waals surface area (Å²) in [4.78, 5) is 4.84. The van der Waals surface area contributed by atoms with Crippen molar-refractivity contribution in [2.75, 3.05) is 19.7 Å². The molecule has 1 aliphatic rings. The first-order chi connectivity index (χ1) is 9.83. The van der Waals surface area contributed by atoms with Crippen molar-refractivity contribution in [2.24, 2.45) is 5.73 Å². The highest BCUT2D eigenvalue weighted by molar-refractivity contribution is 7.12. The summed E-state index contributed by atoms with van der Waals surface area (Å²) in [5.41, 5.74) is 5.40. The van der Waals surface area contributed by atoms with Crippen molar-refractivity contribution in [3.8, 4) is 11.8 Å². The lowest BCUT2D eigenvalue weighted by Gasteiger charge is -2.33. The summed E-state index contributed by atoms with van der Waals surface area (Å²) >= 11 is 1.74. The van der Waals surface area contributed by atoms with Gasteiger partial charge in [-0.25, -0.2) is 0 Å². The summed E-state index contributed by atoms with van der Waals surface area (Å²) < 4.78 is 0. The third-order valence-corrected chi connectivity index (χ3v) is 4.80. The van der Waals surface area contributed by atoms with Gasteiger partial charge in [-0.1, -0.05) is 31.1 Å². The Kier molecular flexibility index (Phi) is 6.55. The van der Waals surface area contributed by atoms with E-state index in [1.165, 1.54) is 37.0 Å². The van der Waals surface area contributed by atoms with Crippen molar-refractivity contribution in [2.45, 2.75) is 44.7 Å². The van der Waals surface area contributed by atoms with Gasteiger partial charge in [-0.15, -0.1) is 11.3 Å². The molecule has 0 bridgehead atoms. The highest BCUT2D eigenvalue weighted by Crippen LogP contribution is 2.25. The van der Waals surface area contributed by atoms with E-state index in [0.29, 0.717) is 12.6 Å². The van der Waals surface area contributed by atoms with Gasteiger partial charge in [0.2, 0.25) is 0 Å². The summed E-state index contributed by atoms with van der Waals surface area (Å²) in [5.74, 6) is 5.98. The summed E-state index contributed by atoms with van der Waals surface area (Å²) in [6.45, 7) is 2.35. The molecule has 3 nitrogen and oxygen atoms in total. The SMILES string of the molecule is NCC#Cc1ccc(CN(CCO)C2CCCCC2)s1. The van der Waals surface area contributed by atoms with E-state index >= 15 is 0 Å². The van der Waals surface area contributed by atoms with Crippen molar-refractivity contribution in [1.29, 1.82) is 0 Å². The van der Waals surface area contributed by atoms with Crippen molar-refractivity contribution in [3.63, 3.8) is 0 Å². The van der Waals surface area contributed by atoms with Gasteiger partial charge in [0, 0.05) is 24.0 Å². The number of hydrogen-bond donors (Lipinski definition) is 2. The molecule has 1 aliphatic carbocycles. The third kappa shape index (κ3) is 4.60. The zero-order chi connectivity index (χ0) is 14.2. The van der Waals surface area contributed by atoms with E-state index in [4.69, 9.17) is 5.73 Å². The van der Waals surface area contributed by atoms with Crippen LogP contribution in [0.15, 0.2) is 12.1 Å². The van der Waals surface area contributed by atoms with Crippen LogP contribution in [-0.2, 0) is 6.54 Å². The number of aliphatic hydroxyl groups excluding tert-OH is 1. The van der Waals surface area contributed by atoms with Gasteiger partial charge in [0.05, 0.1) is 18.0 Å². The second-order valence-electron chi connectivity index (χ2n) is 5.26. The molecular weight excluding hydrogens is 268 g/mol. The average molecular weight is 292 g/mol. The molecule has 3 N–H and O–H groups in total. The van der Waals surface area contributed by atoms with E-state index in [2.05, 4.69) is 28.9 Å². The van der Waals surface area contributed by atoms with Crippen LogP contribution in [-0.4, -0.2) is 35.7 Å². The van der Waals surface area contributed by atoms with Gasteiger partial charge in [-0.2, -0.15) is 0 Å². The molecule has 0 amide bonds. The lowest BCUT2D eigenvalue weighted by Crippen LogP contribution is -2.38. The maximum absolute atomic E-state index is 9.29. The fourth-order valence-corrected chi connectivity index (χ4v) is 3.74. The van der Waals surface area contributed by atoms with Crippen molar-refractivity contribution >= 4 is 11.3 Å². The zero-order valence-electron chi connectivity index (χ0n) is 12.0. The third-order valence-electron chi connectivity index (χ3n) is 3.81. The molecule has 20 heavy (non-hydrogen) atoms. The van der Waals surface area contributed by atoms with Crippen LogP contribution in [0, 0.1) is 11.8 Å². The maximum Gasteiger partial charge on any atom is 0.0772 e. The maximum atomic E-state index is 9.29. The molecule has 0 atom stereocenters. The molecule has 1 aromatic heterocycles. The van der Waals surface area contributed by atoms with Crippen LogP contribution >= 0.6 is 11.3 Å². The van der Waals surface area contributed by atoms with Crippen LogP contribution in [0.2, 0.25) is 0 Å². The minimum absolute atomic E-state index is 0.238. The smallest absolute Gasteiger partial charge is 0.0772 e. The van der Waals surface area contributed by atoms with Gasteiger partial charge in [-0.05, 0) is 25.0 Å². The number of hydrogen-bond acceptors (Lipinski definition) is 4. The molecule has 1 heterocycles. The van der Waals surface area contributed by atoms with Gasteiger partial charge in [0.1, 0.15) is 0 Å². The van der Waals surface area contributed by atoms with E-state index in [1.54, 1.807) is 11.3 Å². The topological polar surface area (TPSA) is 49.5 Å². The Bertz CT molecular complexity index is 455. The Morgan fingerprint density at radius 3 is 2.80 bits per heavy atom. The molecule has 0 saturated heterocycles. The van der Waals surface area contributed by atoms with Gasteiger partial charge in [0.25, 0.3) is 0 Å². The van der Waals surface area contributed by atoms with Crippen molar-refractivity contribution in [1.82, 2.24) is 4.90 Å². The Morgan fingerprint density at radius 2 is 2.10 bits per heavy atom. The minimum atomic E-state index is 0.238. The van der Waals surface area contributed by atoms with Crippen LogP contribution in [0.25, 0.3) is 0 Å². The van der Waals surface area contributed by atoms with Gasteiger partial charge in [0.15, 0.2) is 0 Å². The molecule has 2 rings (SSSR count).